The number of rotatable bonds is 6. The third-order valence-corrected chi connectivity index (χ3v) is 3.91. The molecular formula is C17H22FN3. The van der Waals surface area contributed by atoms with Crippen molar-refractivity contribution in [2.75, 3.05) is 0 Å². The Kier molecular flexibility index (Phi) is 4.06. The van der Waals surface area contributed by atoms with Crippen molar-refractivity contribution in [3.05, 3.63) is 53.1 Å². The van der Waals surface area contributed by atoms with E-state index < -0.39 is 0 Å². The van der Waals surface area contributed by atoms with Gasteiger partial charge in [-0.2, -0.15) is 5.10 Å². The number of aromatic nitrogens is 2. The number of benzene rings is 1. The fraction of sp³-hybridized carbons (Fsp3) is 0.471. The molecule has 0 unspecified atom stereocenters. The molecule has 0 amide bonds. The smallest absolute Gasteiger partial charge is 0.123 e. The van der Waals surface area contributed by atoms with Crippen molar-refractivity contribution in [3.63, 3.8) is 0 Å². The molecule has 0 atom stereocenters. The number of hydrogen-bond donors (Lipinski definition) is 1. The Hall–Kier alpha value is -1.68. The first-order valence-corrected chi connectivity index (χ1v) is 7.66. The fourth-order valence-corrected chi connectivity index (χ4v) is 2.67. The highest BCUT2D eigenvalue weighted by molar-refractivity contribution is 5.24. The highest BCUT2D eigenvalue weighted by Crippen LogP contribution is 2.23. The Morgan fingerprint density at radius 1 is 1.29 bits per heavy atom. The highest BCUT2D eigenvalue weighted by atomic mass is 19.1. The molecule has 1 aromatic heterocycles. The largest absolute Gasteiger partial charge is 0.310 e. The van der Waals surface area contributed by atoms with Gasteiger partial charge in [-0.3, -0.25) is 4.68 Å². The molecule has 0 radical (unpaired) electrons. The molecule has 4 heteroatoms. The Bertz CT molecular complexity index is 597. The van der Waals surface area contributed by atoms with Crippen LogP contribution in [-0.2, 0) is 13.1 Å². The maximum atomic E-state index is 13.0. The lowest BCUT2D eigenvalue weighted by molar-refractivity contribution is 0.601. The maximum Gasteiger partial charge on any atom is 0.123 e. The van der Waals surface area contributed by atoms with E-state index >= 15 is 0 Å². The summed E-state index contributed by atoms with van der Waals surface area (Å²) in [6.45, 7) is 5.97. The van der Waals surface area contributed by atoms with E-state index in [0.717, 1.165) is 12.1 Å². The molecule has 1 fully saturated rings. The zero-order chi connectivity index (χ0) is 14.8. The minimum Gasteiger partial charge on any atom is -0.310 e. The van der Waals surface area contributed by atoms with Crippen LogP contribution in [0.2, 0.25) is 0 Å². The highest BCUT2D eigenvalue weighted by Gasteiger charge is 2.22. The lowest BCUT2D eigenvalue weighted by Gasteiger charge is -2.13. The van der Waals surface area contributed by atoms with E-state index in [1.54, 1.807) is 0 Å². The Morgan fingerprint density at radius 2 is 2.00 bits per heavy atom. The van der Waals surface area contributed by atoms with E-state index in [1.807, 2.05) is 23.0 Å². The van der Waals surface area contributed by atoms with Crippen molar-refractivity contribution in [2.24, 2.45) is 0 Å². The maximum absolute atomic E-state index is 13.0. The topological polar surface area (TPSA) is 29.9 Å². The molecule has 0 spiro atoms. The Balaban J connectivity index is 1.78. The van der Waals surface area contributed by atoms with Crippen LogP contribution < -0.4 is 5.32 Å². The van der Waals surface area contributed by atoms with Gasteiger partial charge in [-0.15, -0.1) is 0 Å². The normalized spacial score (nSPS) is 14.9. The second-order valence-electron chi connectivity index (χ2n) is 6.15. The van der Waals surface area contributed by atoms with Gasteiger partial charge < -0.3 is 5.32 Å². The number of nitrogens with one attached hydrogen (secondary N) is 1. The van der Waals surface area contributed by atoms with E-state index in [-0.39, 0.29) is 5.82 Å². The molecule has 0 bridgehead atoms. The van der Waals surface area contributed by atoms with Gasteiger partial charge in [0.25, 0.3) is 0 Å². The van der Waals surface area contributed by atoms with Crippen LogP contribution in [0, 0.1) is 5.82 Å². The summed E-state index contributed by atoms with van der Waals surface area (Å²) in [7, 11) is 0. The predicted molar refractivity (Wildman–Crippen MR) is 81.7 cm³/mol. The van der Waals surface area contributed by atoms with Gasteiger partial charge in [-0.1, -0.05) is 26.0 Å². The van der Waals surface area contributed by atoms with Crippen molar-refractivity contribution in [2.45, 2.75) is 51.7 Å². The van der Waals surface area contributed by atoms with E-state index in [4.69, 9.17) is 0 Å². The predicted octanol–water partition coefficient (Wildman–Crippen LogP) is 3.45. The molecule has 21 heavy (non-hydrogen) atoms. The summed E-state index contributed by atoms with van der Waals surface area (Å²) in [5.74, 6) is 0.224. The van der Waals surface area contributed by atoms with Crippen molar-refractivity contribution >= 4 is 0 Å². The average Bonchev–Trinajstić information content (AvgIpc) is 3.20. The first kappa shape index (κ1) is 14.3. The molecule has 1 aromatic carbocycles. The summed E-state index contributed by atoms with van der Waals surface area (Å²) in [5, 5.41) is 8.09. The van der Waals surface area contributed by atoms with Crippen molar-refractivity contribution < 1.29 is 4.39 Å². The van der Waals surface area contributed by atoms with Crippen LogP contribution >= 0.6 is 0 Å². The molecule has 0 saturated heterocycles. The van der Waals surface area contributed by atoms with Gasteiger partial charge in [0.2, 0.25) is 0 Å². The zero-order valence-electron chi connectivity index (χ0n) is 12.6. The molecule has 1 aliphatic rings. The lowest BCUT2D eigenvalue weighted by atomic mass is 10.1. The SMILES string of the molecule is CC(C)c1c(CNC2CC2)cnn1Cc1ccc(F)cc1. The van der Waals surface area contributed by atoms with Gasteiger partial charge in [-0.05, 0) is 36.5 Å². The molecule has 3 rings (SSSR count). The van der Waals surface area contributed by atoms with Crippen molar-refractivity contribution in [3.8, 4) is 0 Å². The average molecular weight is 287 g/mol. The van der Waals surface area contributed by atoms with E-state index in [1.165, 1.54) is 36.2 Å². The van der Waals surface area contributed by atoms with Crippen LogP contribution in [0.5, 0.6) is 0 Å². The molecule has 1 heterocycles. The molecule has 3 nitrogen and oxygen atoms in total. The Morgan fingerprint density at radius 3 is 2.62 bits per heavy atom. The quantitative estimate of drug-likeness (QED) is 0.882. The zero-order valence-corrected chi connectivity index (χ0v) is 12.6. The van der Waals surface area contributed by atoms with E-state index in [0.29, 0.717) is 18.5 Å². The first-order chi connectivity index (χ1) is 10.1. The van der Waals surface area contributed by atoms with Gasteiger partial charge in [0.05, 0.1) is 12.7 Å². The van der Waals surface area contributed by atoms with Crippen LogP contribution in [0.1, 0.15) is 49.4 Å². The van der Waals surface area contributed by atoms with Gasteiger partial charge in [0.15, 0.2) is 0 Å². The monoisotopic (exact) mass is 287 g/mol. The van der Waals surface area contributed by atoms with Crippen LogP contribution in [-0.4, -0.2) is 15.8 Å². The molecule has 1 aliphatic carbocycles. The van der Waals surface area contributed by atoms with E-state index in [9.17, 15) is 4.39 Å². The van der Waals surface area contributed by atoms with Crippen LogP contribution in [0.4, 0.5) is 4.39 Å². The number of halogens is 1. The van der Waals surface area contributed by atoms with Gasteiger partial charge in [0, 0.05) is 23.8 Å². The van der Waals surface area contributed by atoms with Gasteiger partial charge >= 0.3 is 0 Å². The summed E-state index contributed by atoms with van der Waals surface area (Å²) < 4.78 is 15.0. The van der Waals surface area contributed by atoms with Crippen LogP contribution in [0.15, 0.2) is 30.5 Å². The minimum atomic E-state index is -0.197. The molecule has 0 aliphatic heterocycles. The second-order valence-corrected chi connectivity index (χ2v) is 6.15. The van der Waals surface area contributed by atoms with E-state index in [2.05, 4.69) is 24.3 Å². The summed E-state index contributed by atoms with van der Waals surface area (Å²) in [4.78, 5) is 0. The molecular weight excluding hydrogens is 265 g/mol. The number of hydrogen-bond acceptors (Lipinski definition) is 2. The summed E-state index contributed by atoms with van der Waals surface area (Å²) in [6.07, 6.45) is 4.55. The summed E-state index contributed by atoms with van der Waals surface area (Å²) in [5.41, 5.74) is 3.62. The molecule has 2 aromatic rings. The van der Waals surface area contributed by atoms with Crippen LogP contribution in [0.25, 0.3) is 0 Å². The van der Waals surface area contributed by atoms with Gasteiger partial charge in [-0.25, -0.2) is 4.39 Å². The standard InChI is InChI=1S/C17H22FN3/c1-12(2)17-14(9-19-16-7-8-16)10-20-21(17)11-13-3-5-15(18)6-4-13/h3-6,10,12,16,19H,7-9,11H2,1-2H3. The molecule has 112 valence electrons. The third kappa shape index (κ3) is 3.50. The third-order valence-electron chi connectivity index (χ3n) is 3.91. The summed E-state index contributed by atoms with van der Waals surface area (Å²) in [6, 6.07) is 7.35. The van der Waals surface area contributed by atoms with Crippen molar-refractivity contribution in [1.82, 2.24) is 15.1 Å². The summed E-state index contributed by atoms with van der Waals surface area (Å²) >= 11 is 0. The molecule has 1 N–H and O–H groups in total. The van der Waals surface area contributed by atoms with Crippen molar-refractivity contribution in [1.29, 1.82) is 0 Å². The minimum absolute atomic E-state index is 0.197. The molecule has 1 saturated carbocycles. The Labute approximate surface area is 125 Å². The first-order valence-electron chi connectivity index (χ1n) is 7.66. The number of nitrogens with zero attached hydrogens (tertiary/aromatic N) is 2. The van der Waals surface area contributed by atoms with Gasteiger partial charge in [0.1, 0.15) is 5.82 Å². The lowest BCUT2D eigenvalue weighted by Crippen LogP contribution is -2.17. The van der Waals surface area contributed by atoms with Crippen LogP contribution in [0.3, 0.4) is 0 Å². The second kappa shape index (κ2) is 5.98. The fourth-order valence-electron chi connectivity index (χ4n) is 2.67.